The second-order valence-electron chi connectivity index (χ2n) is 3.27. The van der Waals surface area contributed by atoms with Crippen molar-refractivity contribution in [3.63, 3.8) is 0 Å². The fourth-order valence-electron chi connectivity index (χ4n) is 1.19. The van der Waals surface area contributed by atoms with Crippen LogP contribution in [0.4, 0.5) is 0 Å². The Labute approximate surface area is 114 Å². The molecule has 0 spiro atoms. The second-order valence-corrected chi connectivity index (χ2v) is 5.67. The predicted molar refractivity (Wildman–Crippen MR) is 78.0 cm³/mol. The maximum absolute atomic E-state index is 11.6. The number of carbonyl (C=O) groups is 2. The molecule has 5 nitrogen and oxygen atoms in total. The van der Waals surface area contributed by atoms with Crippen molar-refractivity contribution in [2.45, 2.75) is 6.92 Å². The van der Waals surface area contributed by atoms with Crippen LogP contribution in [0.5, 0.6) is 5.75 Å². The number of carboxylic acid groups (broad SMARTS) is 1. The molecule has 1 aromatic rings. The molecule has 0 bridgehead atoms. The third kappa shape index (κ3) is 3.39. The van der Waals surface area contributed by atoms with Crippen LogP contribution >= 0.6 is 21.0 Å². The van der Waals surface area contributed by atoms with E-state index in [4.69, 9.17) is 5.11 Å². The minimum atomic E-state index is -1.22. The zero-order chi connectivity index (χ0) is 13.7. The van der Waals surface area contributed by atoms with E-state index in [9.17, 15) is 14.7 Å². The number of aromatic carboxylic acids is 1. The summed E-state index contributed by atoms with van der Waals surface area (Å²) in [5, 5.41) is 18.3. The molecule has 3 N–H and O–H groups in total. The summed E-state index contributed by atoms with van der Waals surface area (Å²) in [7, 11) is 0. The van der Waals surface area contributed by atoms with Crippen molar-refractivity contribution in [3.05, 3.63) is 35.9 Å². The van der Waals surface area contributed by atoms with Gasteiger partial charge in [0.2, 0.25) is 0 Å². The van der Waals surface area contributed by atoms with E-state index in [1.54, 1.807) is 0 Å². The van der Waals surface area contributed by atoms with Crippen LogP contribution in [0.15, 0.2) is 24.8 Å². The minimum Gasteiger partial charge on any atom is -0.507 e. The van der Waals surface area contributed by atoms with E-state index in [2.05, 4.69) is 10.1 Å². The molecule has 96 valence electrons. The predicted octanol–water partition coefficient (Wildman–Crippen LogP) is 1.93. The van der Waals surface area contributed by atoms with E-state index < -0.39 is 27.0 Å². The molecule has 0 aliphatic carbocycles. The van der Waals surface area contributed by atoms with Crippen molar-refractivity contribution >= 4 is 42.5 Å². The lowest BCUT2D eigenvalue weighted by Gasteiger charge is -2.06. The number of phenols is 1. The SMILES string of the molecule is C=C(C(=O)NI=CC)c1ccc(C(=O)O)c(O)c1. The van der Waals surface area contributed by atoms with Crippen molar-refractivity contribution in [1.29, 1.82) is 0 Å². The fraction of sp³-hybridized carbons (Fsp3) is 0.0833. The first-order chi connectivity index (χ1) is 8.47. The third-order valence-electron chi connectivity index (χ3n) is 2.10. The molecule has 6 heteroatoms. The number of carboxylic acids is 1. The van der Waals surface area contributed by atoms with Crippen molar-refractivity contribution in [2.75, 3.05) is 0 Å². The molecule has 1 amide bonds. The number of hydrogen-bond acceptors (Lipinski definition) is 3. The highest BCUT2D eigenvalue weighted by Crippen LogP contribution is 2.23. The van der Waals surface area contributed by atoms with E-state index in [0.717, 1.165) is 0 Å². The van der Waals surface area contributed by atoms with Crippen molar-refractivity contribution in [1.82, 2.24) is 3.53 Å². The van der Waals surface area contributed by atoms with Crippen molar-refractivity contribution in [2.24, 2.45) is 0 Å². The fourth-order valence-corrected chi connectivity index (χ4v) is 2.11. The molecule has 1 aromatic carbocycles. The highest BCUT2D eigenvalue weighted by atomic mass is 127. The van der Waals surface area contributed by atoms with Gasteiger partial charge in [-0.15, -0.1) is 0 Å². The van der Waals surface area contributed by atoms with Gasteiger partial charge in [0, 0.05) is 5.57 Å². The monoisotopic (exact) mass is 361 g/mol. The Kier molecular flexibility index (Phi) is 5.02. The van der Waals surface area contributed by atoms with E-state index in [1.807, 2.05) is 10.9 Å². The Hall–Kier alpha value is -1.70. The lowest BCUT2D eigenvalue weighted by Crippen LogP contribution is -2.14. The molecule has 0 saturated heterocycles. The summed E-state index contributed by atoms with van der Waals surface area (Å²) in [5.41, 5.74) is 0.389. The molecule has 0 fully saturated rings. The van der Waals surface area contributed by atoms with Crippen LogP contribution in [0, 0.1) is 0 Å². The summed E-state index contributed by atoms with van der Waals surface area (Å²) in [5.74, 6) is -1.92. The molecule has 0 atom stereocenters. The number of hydrogen-bond donors (Lipinski definition) is 3. The molecule has 0 radical (unpaired) electrons. The summed E-state index contributed by atoms with van der Waals surface area (Å²) in [4.78, 5) is 22.3. The van der Waals surface area contributed by atoms with Gasteiger partial charge in [0.25, 0.3) is 5.91 Å². The van der Waals surface area contributed by atoms with Crippen LogP contribution in [-0.2, 0) is 4.79 Å². The zero-order valence-electron chi connectivity index (χ0n) is 9.61. The van der Waals surface area contributed by atoms with Crippen molar-refractivity contribution < 1.29 is 19.8 Å². The number of rotatable bonds is 4. The Balaban J connectivity index is 2.98. The highest BCUT2D eigenvalue weighted by molar-refractivity contribution is 14.2. The molecular formula is C12H12INO4. The van der Waals surface area contributed by atoms with Crippen LogP contribution in [0.1, 0.15) is 22.8 Å². The summed E-state index contributed by atoms with van der Waals surface area (Å²) < 4.78 is 4.59. The van der Waals surface area contributed by atoms with Crippen LogP contribution < -0.4 is 3.53 Å². The number of benzene rings is 1. The molecule has 0 saturated carbocycles. The lowest BCUT2D eigenvalue weighted by atomic mass is 10.0. The molecule has 0 unspecified atom stereocenters. The average molecular weight is 361 g/mol. The van der Waals surface area contributed by atoms with Gasteiger partial charge >= 0.3 is 5.97 Å². The zero-order valence-corrected chi connectivity index (χ0v) is 11.8. The van der Waals surface area contributed by atoms with Gasteiger partial charge in [-0.1, -0.05) is 12.6 Å². The van der Waals surface area contributed by atoms with Crippen molar-refractivity contribution in [3.8, 4) is 5.75 Å². The first-order valence-corrected chi connectivity index (χ1v) is 7.26. The van der Waals surface area contributed by atoms with Gasteiger partial charge in [0.05, 0.1) is 0 Å². The van der Waals surface area contributed by atoms with Crippen LogP contribution in [0.3, 0.4) is 0 Å². The van der Waals surface area contributed by atoms with Gasteiger partial charge in [-0.2, -0.15) is 0 Å². The number of nitrogens with one attached hydrogen (secondary N) is 1. The smallest absolute Gasteiger partial charge is 0.339 e. The second kappa shape index (κ2) is 6.29. The number of amides is 1. The summed E-state index contributed by atoms with van der Waals surface area (Å²) in [6, 6.07) is 3.91. The molecule has 0 heterocycles. The first-order valence-electron chi connectivity index (χ1n) is 4.93. The molecule has 0 aliphatic heterocycles. The molecule has 0 aromatic heterocycles. The molecule has 1 rings (SSSR count). The van der Waals surface area contributed by atoms with Crippen LogP contribution in [0.2, 0.25) is 0 Å². The van der Waals surface area contributed by atoms with Gasteiger partial charge in [0.1, 0.15) is 11.3 Å². The quantitative estimate of drug-likeness (QED) is 0.435. The summed E-state index contributed by atoms with van der Waals surface area (Å²) >= 11 is -0.505. The first kappa shape index (κ1) is 14.4. The Bertz CT molecular complexity index is 537. The summed E-state index contributed by atoms with van der Waals surface area (Å²) in [6.45, 7) is 5.48. The lowest BCUT2D eigenvalue weighted by molar-refractivity contribution is -0.113. The third-order valence-corrected chi connectivity index (χ3v) is 3.52. The highest BCUT2D eigenvalue weighted by Gasteiger charge is 2.13. The van der Waals surface area contributed by atoms with Gasteiger partial charge < -0.3 is 13.7 Å². The molecular weight excluding hydrogens is 349 g/mol. The van der Waals surface area contributed by atoms with Gasteiger partial charge in [0.15, 0.2) is 0 Å². The van der Waals surface area contributed by atoms with E-state index >= 15 is 0 Å². The Morgan fingerprint density at radius 1 is 1.44 bits per heavy atom. The maximum atomic E-state index is 11.6. The van der Waals surface area contributed by atoms with Gasteiger partial charge in [-0.25, -0.2) is 4.79 Å². The van der Waals surface area contributed by atoms with E-state index in [1.165, 1.54) is 18.2 Å². The summed E-state index contributed by atoms with van der Waals surface area (Å²) in [6.07, 6.45) is 0. The average Bonchev–Trinajstić information content (AvgIpc) is 2.34. The van der Waals surface area contributed by atoms with Gasteiger partial charge in [-0.05, 0) is 49.6 Å². The normalized spacial score (nSPS) is 10.7. The molecule has 0 aliphatic rings. The van der Waals surface area contributed by atoms with Gasteiger partial charge in [-0.3, -0.25) is 4.79 Å². The van der Waals surface area contributed by atoms with E-state index in [0.29, 0.717) is 5.56 Å². The standard InChI is InChI=1S/C12H12INO4/c1-3-13-14-11(16)7(2)8-4-5-9(12(17)18)10(15)6-8/h3-6,15H,2H2,1H3,(H,14,16)(H,17,18). The number of halogens is 1. The minimum absolute atomic E-state index is 0.198. The number of carbonyl (C=O) groups excluding carboxylic acids is 1. The topological polar surface area (TPSA) is 86.6 Å². The van der Waals surface area contributed by atoms with Crippen LogP contribution in [0.25, 0.3) is 5.57 Å². The van der Waals surface area contributed by atoms with E-state index in [-0.39, 0.29) is 22.8 Å². The maximum Gasteiger partial charge on any atom is 0.339 e. The Morgan fingerprint density at radius 3 is 2.61 bits per heavy atom. The van der Waals surface area contributed by atoms with Crippen LogP contribution in [-0.4, -0.2) is 26.1 Å². The number of aromatic hydroxyl groups is 1. The largest absolute Gasteiger partial charge is 0.507 e. The Morgan fingerprint density at radius 2 is 2.11 bits per heavy atom. The molecule has 18 heavy (non-hydrogen) atoms.